The summed E-state index contributed by atoms with van der Waals surface area (Å²) >= 11 is 0. The largest absolute Gasteiger partial charge is 0.444 e. The second-order valence-electron chi connectivity index (χ2n) is 7.20. The van der Waals surface area contributed by atoms with Gasteiger partial charge >= 0.3 is 6.09 Å². The molecule has 1 saturated heterocycles. The SMILES string of the molecule is CC(C)(C)OC(=O)NCC(=O)N1CCCC2CCCCC21. The van der Waals surface area contributed by atoms with Crippen molar-refractivity contribution >= 4 is 12.0 Å². The molecule has 1 N–H and O–H groups in total. The number of likely N-dealkylation sites (tertiary alicyclic amines) is 1. The first-order valence-corrected chi connectivity index (χ1v) is 8.13. The molecule has 2 unspecified atom stereocenters. The summed E-state index contributed by atoms with van der Waals surface area (Å²) in [5.74, 6) is 0.690. The average Bonchev–Trinajstić information content (AvgIpc) is 2.42. The van der Waals surface area contributed by atoms with Gasteiger partial charge < -0.3 is 15.0 Å². The average molecular weight is 296 g/mol. The van der Waals surface area contributed by atoms with E-state index in [9.17, 15) is 9.59 Å². The molecular weight excluding hydrogens is 268 g/mol. The van der Waals surface area contributed by atoms with E-state index in [0.29, 0.717) is 12.0 Å². The summed E-state index contributed by atoms with van der Waals surface area (Å²) in [5.41, 5.74) is -0.535. The van der Waals surface area contributed by atoms with Crippen molar-refractivity contribution in [3.05, 3.63) is 0 Å². The lowest BCUT2D eigenvalue weighted by Crippen LogP contribution is -2.52. The monoisotopic (exact) mass is 296 g/mol. The van der Waals surface area contributed by atoms with E-state index in [2.05, 4.69) is 5.32 Å². The van der Waals surface area contributed by atoms with E-state index < -0.39 is 11.7 Å². The van der Waals surface area contributed by atoms with Crippen molar-refractivity contribution in [3.63, 3.8) is 0 Å². The lowest BCUT2D eigenvalue weighted by molar-refractivity contribution is -0.136. The Morgan fingerprint density at radius 1 is 1.14 bits per heavy atom. The Balaban J connectivity index is 1.83. The Morgan fingerprint density at radius 3 is 2.52 bits per heavy atom. The highest BCUT2D eigenvalue weighted by Crippen LogP contribution is 2.35. The van der Waals surface area contributed by atoms with Gasteiger partial charge in [-0.15, -0.1) is 0 Å². The van der Waals surface area contributed by atoms with E-state index in [1.165, 1.54) is 25.7 Å². The highest BCUT2D eigenvalue weighted by molar-refractivity contribution is 5.82. The minimum Gasteiger partial charge on any atom is -0.444 e. The van der Waals surface area contributed by atoms with Crippen LogP contribution in [0.25, 0.3) is 0 Å². The number of piperidine rings is 1. The molecule has 5 nitrogen and oxygen atoms in total. The maximum atomic E-state index is 12.4. The van der Waals surface area contributed by atoms with Crippen molar-refractivity contribution < 1.29 is 14.3 Å². The van der Waals surface area contributed by atoms with Crippen molar-refractivity contribution in [2.75, 3.05) is 13.1 Å². The first-order valence-electron chi connectivity index (χ1n) is 8.13. The molecule has 2 aliphatic rings. The molecule has 1 heterocycles. The highest BCUT2D eigenvalue weighted by Gasteiger charge is 2.35. The van der Waals surface area contributed by atoms with Gasteiger partial charge in [-0.3, -0.25) is 4.79 Å². The zero-order valence-electron chi connectivity index (χ0n) is 13.5. The van der Waals surface area contributed by atoms with Crippen molar-refractivity contribution in [1.82, 2.24) is 10.2 Å². The van der Waals surface area contributed by atoms with Crippen LogP contribution in [0.2, 0.25) is 0 Å². The zero-order valence-corrected chi connectivity index (χ0v) is 13.5. The van der Waals surface area contributed by atoms with Crippen LogP contribution < -0.4 is 5.32 Å². The van der Waals surface area contributed by atoms with Gasteiger partial charge in [0.1, 0.15) is 12.1 Å². The number of hydrogen-bond donors (Lipinski definition) is 1. The van der Waals surface area contributed by atoms with Gasteiger partial charge in [-0.2, -0.15) is 0 Å². The van der Waals surface area contributed by atoms with Gasteiger partial charge in [-0.05, 0) is 52.4 Å². The smallest absolute Gasteiger partial charge is 0.408 e. The first-order chi connectivity index (χ1) is 9.87. The summed E-state index contributed by atoms with van der Waals surface area (Å²) in [4.78, 5) is 26.0. The second kappa shape index (κ2) is 6.67. The molecule has 2 fully saturated rings. The van der Waals surface area contributed by atoms with Gasteiger partial charge in [0.25, 0.3) is 0 Å². The Bertz CT molecular complexity index is 387. The van der Waals surface area contributed by atoms with Crippen molar-refractivity contribution in [3.8, 4) is 0 Å². The number of fused-ring (bicyclic) bond motifs is 1. The lowest BCUT2D eigenvalue weighted by Gasteiger charge is -2.44. The Morgan fingerprint density at radius 2 is 1.81 bits per heavy atom. The summed E-state index contributed by atoms with van der Waals surface area (Å²) in [5, 5.41) is 2.58. The third-order valence-electron chi connectivity index (χ3n) is 4.35. The van der Waals surface area contributed by atoms with E-state index >= 15 is 0 Å². The van der Waals surface area contributed by atoms with Crippen LogP contribution in [0.1, 0.15) is 59.3 Å². The van der Waals surface area contributed by atoms with Crippen LogP contribution in [0.5, 0.6) is 0 Å². The van der Waals surface area contributed by atoms with E-state index in [1.807, 2.05) is 25.7 Å². The van der Waals surface area contributed by atoms with Crippen LogP contribution in [0.3, 0.4) is 0 Å². The topological polar surface area (TPSA) is 58.6 Å². The molecule has 120 valence electrons. The van der Waals surface area contributed by atoms with E-state index in [1.54, 1.807) is 0 Å². The number of rotatable bonds is 2. The maximum absolute atomic E-state index is 12.4. The standard InChI is InChI=1S/C16H28N2O3/c1-16(2,3)21-15(20)17-11-14(19)18-10-6-8-12-7-4-5-9-13(12)18/h12-13H,4-11H2,1-3H3,(H,17,20). The maximum Gasteiger partial charge on any atom is 0.408 e. The summed E-state index contributed by atoms with van der Waals surface area (Å²) in [7, 11) is 0. The second-order valence-corrected chi connectivity index (χ2v) is 7.20. The van der Waals surface area contributed by atoms with Crippen molar-refractivity contribution in [2.24, 2.45) is 5.92 Å². The molecule has 0 radical (unpaired) electrons. The van der Waals surface area contributed by atoms with Crippen molar-refractivity contribution in [2.45, 2.75) is 70.9 Å². The zero-order chi connectivity index (χ0) is 15.5. The van der Waals surface area contributed by atoms with E-state index in [-0.39, 0.29) is 12.5 Å². The number of carbonyl (C=O) groups is 2. The predicted octanol–water partition coefficient (Wildman–Crippen LogP) is 2.69. The molecule has 1 aliphatic heterocycles. The number of ether oxygens (including phenoxy) is 1. The molecule has 1 saturated carbocycles. The predicted molar refractivity (Wildman–Crippen MR) is 80.9 cm³/mol. The molecule has 0 aromatic carbocycles. The van der Waals surface area contributed by atoms with Gasteiger partial charge in [-0.1, -0.05) is 12.8 Å². The normalized spacial score (nSPS) is 26.0. The fourth-order valence-electron chi connectivity index (χ4n) is 3.50. The Kier molecular flexibility index (Phi) is 5.12. The van der Waals surface area contributed by atoms with Crippen LogP contribution in [0.4, 0.5) is 4.79 Å². The highest BCUT2D eigenvalue weighted by atomic mass is 16.6. The molecule has 5 heteroatoms. The van der Waals surface area contributed by atoms with Gasteiger partial charge in [-0.25, -0.2) is 4.79 Å². The van der Waals surface area contributed by atoms with Gasteiger partial charge in [0.05, 0.1) is 0 Å². The summed E-state index contributed by atoms with van der Waals surface area (Å²) in [6.07, 6.45) is 6.67. The fraction of sp³-hybridized carbons (Fsp3) is 0.875. The van der Waals surface area contributed by atoms with E-state index in [4.69, 9.17) is 4.74 Å². The third kappa shape index (κ3) is 4.61. The summed E-state index contributed by atoms with van der Waals surface area (Å²) in [6.45, 7) is 6.30. The van der Waals surface area contributed by atoms with Gasteiger partial charge in [0.15, 0.2) is 0 Å². The minimum atomic E-state index is -0.535. The first kappa shape index (κ1) is 16.1. The van der Waals surface area contributed by atoms with Crippen molar-refractivity contribution in [1.29, 1.82) is 0 Å². The quantitative estimate of drug-likeness (QED) is 0.852. The molecular formula is C16H28N2O3. The van der Waals surface area contributed by atoms with Gasteiger partial charge in [0.2, 0.25) is 5.91 Å². The number of nitrogens with one attached hydrogen (secondary N) is 1. The Hall–Kier alpha value is -1.26. The minimum absolute atomic E-state index is 0.0254. The number of hydrogen-bond acceptors (Lipinski definition) is 3. The van der Waals surface area contributed by atoms with Crippen LogP contribution in [0, 0.1) is 5.92 Å². The Labute approximate surface area is 127 Å². The summed E-state index contributed by atoms with van der Waals surface area (Å²) < 4.78 is 5.16. The number of alkyl carbamates (subject to hydrolysis) is 1. The molecule has 1 aliphatic carbocycles. The van der Waals surface area contributed by atoms with Crippen LogP contribution in [-0.2, 0) is 9.53 Å². The lowest BCUT2D eigenvalue weighted by atomic mass is 9.78. The number of nitrogens with zero attached hydrogens (tertiary/aromatic N) is 1. The van der Waals surface area contributed by atoms with Crippen LogP contribution in [0.15, 0.2) is 0 Å². The molecule has 21 heavy (non-hydrogen) atoms. The molecule has 0 bridgehead atoms. The van der Waals surface area contributed by atoms with Gasteiger partial charge in [0, 0.05) is 12.6 Å². The molecule has 2 amide bonds. The van der Waals surface area contributed by atoms with E-state index in [0.717, 1.165) is 19.4 Å². The molecule has 0 aromatic rings. The molecule has 0 spiro atoms. The van der Waals surface area contributed by atoms with Crippen LogP contribution >= 0.6 is 0 Å². The number of amides is 2. The fourth-order valence-corrected chi connectivity index (χ4v) is 3.50. The number of carbonyl (C=O) groups excluding carboxylic acids is 2. The van der Waals surface area contributed by atoms with Crippen LogP contribution in [-0.4, -0.2) is 41.6 Å². The molecule has 2 rings (SSSR count). The summed E-state index contributed by atoms with van der Waals surface area (Å²) in [6, 6.07) is 0.389. The third-order valence-corrected chi connectivity index (χ3v) is 4.35. The molecule has 0 aromatic heterocycles. The molecule has 2 atom stereocenters.